The monoisotopic (exact) mass is 368 g/mol. The second-order valence-electron chi connectivity index (χ2n) is 7.94. The average Bonchev–Trinajstić information content (AvgIpc) is 3.08. The Bertz CT molecular complexity index is 1030. The first-order chi connectivity index (χ1) is 13.7. The summed E-state index contributed by atoms with van der Waals surface area (Å²) in [6.45, 7) is 8.78. The Balaban J connectivity index is 1.79. The van der Waals surface area contributed by atoms with Crippen molar-refractivity contribution >= 4 is 22.9 Å². The van der Waals surface area contributed by atoms with Crippen molar-refractivity contribution in [2.75, 3.05) is 9.80 Å². The van der Waals surface area contributed by atoms with Crippen LogP contribution in [0.1, 0.15) is 25.8 Å². The molecule has 0 amide bonds. The highest BCUT2D eigenvalue weighted by molar-refractivity contribution is 5.87. The van der Waals surface area contributed by atoms with Gasteiger partial charge in [0.2, 0.25) is 0 Å². The van der Waals surface area contributed by atoms with Crippen molar-refractivity contribution in [2.24, 2.45) is 5.92 Å². The lowest BCUT2D eigenvalue weighted by atomic mass is 9.65. The van der Waals surface area contributed by atoms with E-state index in [1.165, 1.54) is 11.3 Å². The van der Waals surface area contributed by atoms with Gasteiger partial charge >= 0.3 is 0 Å². The van der Waals surface area contributed by atoms with Gasteiger partial charge in [0.15, 0.2) is 5.82 Å². The molecule has 0 saturated heterocycles. The number of benzene rings is 2. The fourth-order valence-corrected chi connectivity index (χ4v) is 4.97. The lowest BCUT2D eigenvalue weighted by molar-refractivity contribution is 0.259. The first kappa shape index (κ1) is 17.0. The van der Waals surface area contributed by atoms with Gasteiger partial charge < -0.3 is 9.80 Å². The van der Waals surface area contributed by atoms with E-state index in [0.717, 1.165) is 23.6 Å². The van der Waals surface area contributed by atoms with Gasteiger partial charge in [-0.2, -0.15) is 0 Å². The number of hydrogen-bond donors (Lipinski definition) is 0. The van der Waals surface area contributed by atoms with Gasteiger partial charge in [0.25, 0.3) is 0 Å². The summed E-state index contributed by atoms with van der Waals surface area (Å²) in [7, 11) is 0. The molecule has 0 radical (unpaired) electrons. The van der Waals surface area contributed by atoms with Crippen LogP contribution >= 0.6 is 0 Å². The molecule has 28 heavy (non-hydrogen) atoms. The van der Waals surface area contributed by atoms with Crippen LogP contribution in [0.5, 0.6) is 0 Å². The third-order valence-corrected chi connectivity index (χ3v) is 6.52. The fourth-order valence-electron chi connectivity index (χ4n) is 4.97. The molecule has 2 aliphatic rings. The Morgan fingerprint density at radius 1 is 1.04 bits per heavy atom. The molecule has 2 aliphatic heterocycles. The SMILES string of the molecule is C=CCC1(C)c2ccccc2N2c3cncnc3N(c3ccccc3)C2C1C. The fraction of sp³-hybridized carbons (Fsp3) is 0.250. The molecule has 0 aliphatic carbocycles. The number of nitrogens with zero attached hydrogens (tertiary/aromatic N) is 4. The van der Waals surface area contributed by atoms with E-state index in [1.807, 2.05) is 6.20 Å². The molecule has 3 atom stereocenters. The normalized spacial score (nSPS) is 25.1. The van der Waals surface area contributed by atoms with E-state index in [1.54, 1.807) is 6.33 Å². The van der Waals surface area contributed by atoms with Crippen LogP contribution in [0.25, 0.3) is 0 Å². The Morgan fingerprint density at radius 3 is 2.57 bits per heavy atom. The quantitative estimate of drug-likeness (QED) is 0.565. The summed E-state index contributed by atoms with van der Waals surface area (Å²) < 4.78 is 0. The van der Waals surface area contributed by atoms with Gasteiger partial charge in [0, 0.05) is 22.7 Å². The highest BCUT2D eigenvalue weighted by Crippen LogP contribution is 2.57. The number of anilines is 4. The van der Waals surface area contributed by atoms with Gasteiger partial charge in [0.05, 0.1) is 6.20 Å². The first-order valence-electron chi connectivity index (χ1n) is 9.81. The van der Waals surface area contributed by atoms with Crippen LogP contribution < -0.4 is 9.80 Å². The minimum atomic E-state index is -0.0119. The number of aromatic nitrogens is 2. The van der Waals surface area contributed by atoms with E-state index in [-0.39, 0.29) is 11.6 Å². The van der Waals surface area contributed by atoms with Crippen molar-refractivity contribution in [1.29, 1.82) is 0 Å². The summed E-state index contributed by atoms with van der Waals surface area (Å²) in [5, 5.41) is 0. The maximum atomic E-state index is 4.70. The minimum Gasteiger partial charge on any atom is -0.315 e. The van der Waals surface area contributed by atoms with E-state index in [9.17, 15) is 0 Å². The number of rotatable bonds is 3. The van der Waals surface area contributed by atoms with Crippen LogP contribution in [0.2, 0.25) is 0 Å². The Hall–Kier alpha value is -3.14. The smallest absolute Gasteiger partial charge is 0.162 e. The first-order valence-corrected chi connectivity index (χ1v) is 9.81. The Kier molecular flexibility index (Phi) is 3.76. The van der Waals surface area contributed by atoms with Crippen molar-refractivity contribution in [3.63, 3.8) is 0 Å². The summed E-state index contributed by atoms with van der Waals surface area (Å²) >= 11 is 0. The molecule has 2 aromatic carbocycles. The van der Waals surface area contributed by atoms with E-state index in [2.05, 4.69) is 95.9 Å². The van der Waals surface area contributed by atoms with Gasteiger partial charge in [-0.25, -0.2) is 9.97 Å². The highest BCUT2D eigenvalue weighted by atomic mass is 15.5. The third kappa shape index (κ3) is 2.18. The molecule has 0 fully saturated rings. The van der Waals surface area contributed by atoms with E-state index < -0.39 is 0 Å². The van der Waals surface area contributed by atoms with Crippen LogP contribution in [0.15, 0.2) is 79.8 Å². The van der Waals surface area contributed by atoms with E-state index in [4.69, 9.17) is 4.98 Å². The molecular formula is C24H24N4. The summed E-state index contributed by atoms with van der Waals surface area (Å²) in [4.78, 5) is 13.8. The van der Waals surface area contributed by atoms with Gasteiger partial charge in [-0.1, -0.05) is 56.3 Å². The molecule has 4 heteroatoms. The Morgan fingerprint density at radius 2 is 1.79 bits per heavy atom. The lowest BCUT2D eigenvalue weighted by Crippen LogP contribution is -2.54. The van der Waals surface area contributed by atoms with Gasteiger partial charge in [-0.15, -0.1) is 6.58 Å². The van der Waals surface area contributed by atoms with Crippen LogP contribution in [0.4, 0.5) is 22.9 Å². The molecule has 0 bridgehead atoms. The van der Waals surface area contributed by atoms with Crippen molar-refractivity contribution in [3.8, 4) is 0 Å². The molecule has 0 N–H and O–H groups in total. The number of allylic oxidation sites excluding steroid dienone is 1. The molecule has 4 nitrogen and oxygen atoms in total. The van der Waals surface area contributed by atoms with Crippen LogP contribution in [0, 0.1) is 5.92 Å². The predicted molar refractivity (Wildman–Crippen MR) is 114 cm³/mol. The van der Waals surface area contributed by atoms with Crippen LogP contribution in [-0.2, 0) is 5.41 Å². The standard InChI is InChI=1S/C24H24N4/c1-4-14-24(3)17(2)23-27(18-10-6-5-7-11-18)22-21(15-25-16-26-22)28(23)20-13-9-8-12-19(20)24/h4-13,15-17,23H,1,14H2,2-3H3. The molecule has 0 spiro atoms. The van der Waals surface area contributed by atoms with Crippen molar-refractivity contribution < 1.29 is 0 Å². The molecule has 5 rings (SSSR count). The molecular weight excluding hydrogens is 344 g/mol. The number of hydrogen-bond acceptors (Lipinski definition) is 4. The second-order valence-corrected chi connectivity index (χ2v) is 7.94. The molecule has 3 heterocycles. The molecule has 3 aromatic rings. The van der Waals surface area contributed by atoms with Gasteiger partial charge in [-0.05, 0) is 30.2 Å². The van der Waals surface area contributed by atoms with E-state index >= 15 is 0 Å². The van der Waals surface area contributed by atoms with Crippen molar-refractivity contribution in [1.82, 2.24) is 9.97 Å². The largest absolute Gasteiger partial charge is 0.315 e. The van der Waals surface area contributed by atoms with Crippen LogP contribution in [-0.4, -0.2) is 16.1 Å². The van der Waals surface area contributed by atoms with Crippen molar-refractivity contribution in [2.45, 2.75) is 31.8 Å². The maximum absolute atomic E-state index is 4.70. The summed E-state index contributed by atoms with van der Waals surface area (Å²) in [6.07, 6.45) is 6.71. The third-order valence-electron chi connectivity index (χ3n) is 6.52. The second kappa shape index (κ2) is 6.20. The summed E-state index contributed by atoms with van der Waals surface area (Å²) in [6, 6.07) is 19.3. The zero-order valence-corrected chi connectivity index (χ0v) is 16.3. The topological polar surface area (TPSA) is 32.3 Å². The summed E-state index contributed by atoms with van der Waals surface area (Å²) in [5.41, 5.74) is 4.81. The zero-order chi connectivity index (χ0) is 19.3. The lowest BCUT2D eigenvalue weighted by Gasteiger charge is -2.51. The molecule has 3 unspecified atom stereocenters. The zero-order valence-electron chi connectivity index (χ0n) is 16.3. The van der Waals surface area contributed by atoms with Crippen LogP contribution in [0.3, 0.4) is 0 Å². The molecule has 0 saturated carbocycles. The predicted octanol–water partition coefficient (Wildman–Crippen LogP) is 5.58. The van der Waals surface area contributed by atoms with Gasteiger partial charge in [0.1, 0.15) is 18.2 Å². The summed E-state index contributed by atoms with van der Waals surface area (Å²) in [5.74, 6) is 1.31. The molecule has 1 aromatic heterocycles. The Labute approximate surface area is 166 Å². The van der Waals surface area contributed by atoms with E-state index in [0.29, 0.717) is 5.92 Å². The highest BCUT2D eigenvalue weighted by Gasteiger charge is 2.53. The average molecular weight is 368 g/mol. The van der Waals surface area contributed by atoms with Gasteiger partial charge in [-0.3, -0.25) is 0 Å². The molecule has 140 valence electrons. The maximum Gasteiger partial charge on any atom is 0.162 e. The number of para-hydroxylation sites is 2. The number of fused-ring (bicyclic) bond motifs is 5. The minimum absolute atomic E-state index is 0.0119. The van der Waals surface area contributed by atoms with Crippen molar-refractivity contribution in [3.05, 3.63) is 85.3 Å².